The number of rotatable bonds is 5. The van der Waals surface area contributed by atoms with Gasteiger partial charge in [-0.05, 0) is 57.8 Å². The molecule has 0 spiro atoms. The fraction of sp³-hybridized carbons (Fsp3) is 1.00. The summed E-state index contributed by atoms with van der Waals surface area (Å²) in [6.07, 6.45) is 7.39. The molecule has 2 heteroatoms. The summed E-state index contributed by atoms with van der Waals surface area (Å²) in [6.45, 7) is 8.82. The van der Waals surface area contributed by atoms with Crippen LogP contribution < -0.4 is 0 Å². The van der Waals surface area contributed by atoms with E-state index in [9.17, 15) is 5.11 Å². The maximum atomic E-state index is 10.8. The van der Waals surface area contributed by atoms with Crippen LogP contribution in [-0.4, -0.2) is 23.4 Å². The summed E-state index contributed by atoms with van der Waals surface area (Å²) in [6, 6.07) is 0. The van der Waals surface area contributed by atoms with Crippen molar-refractivity contribution in [1.82, 2.24) is 0 Å². The first-order chi connectivity index (χ1) is 8.28. The van der Waals surface area contributed by atoms with Crippen LogP contribution in [0.25, 0.3) is 0 Å². The Bertz CT molecular complexity index is 247. The normalized spacial score (nSPS) is 30.5. The van der Waals surface area contributed by atoms with Crippen molar-refractivity contribution < 1.29 is 9.84 Å². The van der Waals surface area contributed by atoms with E-state index in [0.29, 0.717) is 0 Å². The summed E-state index contributed by atoms with van der Waals surface area (Å²) in [5, 5.41) is 10.8. The molecular formula is C16H32O2. The van der Waals surface area contributed by atoms with Crippen molar-refractivity contribution >= 4 is 0 Å². The van der Waals surface area contributed by atoms with E-state index in [-0.39, 0.29) is 5.60 Å². The van der Waals surface area contributed by atoms with Gasteiger partial charge in [0.05, 0.1) is 11.2 Å². The van der Waals surface area contributed by atoms with E-state index in [4.69, 9.17) is 4.74 Å². The Hall–Kier alpha value is -0.0800. The Balaban J connectivity index is 2.49. The van der Waals surface area contributed by atoms with Crippen LogP contribution in [0.3, 0.4) is 0 Å². The van der Waals surface area contributed by atoms with Gasteiger partial charge in [0.2, 0.25) is 0 Å². The maximum absolute atomic E-state index is 10.8. The first-order valence-corrected chi connectivity index (χ1v) is 7.55. The zero-order valence-electron chi connectivity index (χ0n) is 13.0. The van der Waals surface area contributed by atoms with Crippen molar-refractivity contribution in [3.05, 3.63) is 0 Å². The molecule has 0 aromatic rings. The van der Waals surface area contributed by atoms with Crippen molar-refractivity contribution in [2.75, 3.05) is 7.11 Å². The standard InChI is InChI=1S/C16H32O2/c1-13(2)14-7-6-9-16(17,10-8-14)12-11-15(3,4)18-5/h13-14,17H,6-12H2,1-5H3. The Labute approximate surface area is 113 Å². The number of hydrogen-bond acceptors (Lipinski definition) is 2. The zero-order chi connectivity index (χ0) is 13.8. The molecule has 0 saturated heterocycles. The fourth-order valence-electron chi connectivity index (χ4n) is 2.97. The molecule has 1 N–H and O–H groups in total. The second-order valence-corrected chi connectivity index (χ2v) is 7.12. The van der Waals surface area contributed by atoms with Gasteiger partial charge in [0.15, 0.2) is 0 Å². The lowest BCUT2D eigenvalue weighted by Gasteiger charge is -2.31. The van der Waals surface area contributed by atoms with E-state index in [1.54, 1.807) is 7.11 Å². The topological polar surface area (TPSA) is 29.5 Å². The third-order valence-corrected chi connectivity index (χ3v) is 4.89. The van der Waals surface area contributed by atoms with Crippen molar-refractivity contribution in [3.63, 3.8) is 0 Å². The van der Waals surface area contributed by atoms with Gasteiger partial charge >= 0.3 is 0 Å². The van der Waals surface area contributed by atoms with E-state index >= 15 is 0 Å². The quantitative estimate of drug-likeness (QED) is 0.748. The molecular weight excluding hydrogens is 224 g/mol. The molecule has 0 radical (unpaired) electrons. The summed E-state index contributed by atoms with van der Waals surface area (Å²) in [4.78, 5) is 0. The van der Waals surface area contributed by atoms with Crippen LogP contribution in [0.4, 0.5) is 0 Å². The van der Waals surface area contributed by atoms with Gasteiger partial charge in [0, 0.05) is 7.11 Å². The van der Waals surface area contributed by atoms with Gasteiger partial charge in [0.1, 0.15) is 0 Å². The van der Waals surface area contributed by atoms with Gasteiger partial charge in [-0.25, -0.2) is 0 Å². The third kappa shape index (κ3) is 4.89. The van der Waals surface area contributed by atoms with Crippen LogP contribution in [0.5, 0.6) is 0 Å². The highest BCUT2D eigenvalue weighted by atomic mass is 16.5. The molecule has 0 heterocycles. The number of hydrogen-bond donors (Lipinski definition) is 1. The second kappa shape index (κ2) is 6.38. The Kier molecular flexibility index (Phi) is 5.67. The molecule has 18 heavy (non-hydrogen) atoms. The molecule has 0 bridgehead atoms. The molecule has 2 nitrogen and oxygen atoms in total. The average Bonchev–Trinajstić information content (AvgIpc) is 2.50. The van der Waals surface area contributed by atoms with Crippen molar-refractivity contribution in [3.8, 4) is 0 Å². The van der Waals surface area contributed by atoms with Gasteiger partial charge in [-0.15, -0.1) is 0 Å². The fourth-order valence-corrected chi connectivity index (χ4v) is 2.97. The minimum absolute atomic E-state index is 0.112. The van der Waals surface area contributed by atoms with Gasteiger partial charge < -0.3 is 9.84 Å². The lowest BCUT2D eigenvalue weighted by Crippen LogP contribution is -2.32. The monoisotopic (exact) mass is 256 g/mol. The highest BCUT2D eigenvalue weighted by molar-refractivity contribution is 4.86. The van der Waals surface area contributed by atoms with Crippen molar-refractivity contribution in [2.24, 2.45) is 11.8 Å². The smallest absolute Gasteiger partial charge is 0.0649 e. The van der Waals surface area contributed by atoms with Crippen molar-refractivity contribution in [1.29, 1.82) is 0 Å². The first-order valence-electron chi connectivity index (χ1n) is 7.55. The highest BCUT2D eigenvalue weighted by Crippen LogP contribution is 2.37. The summed E-state index contributed by atoms with van der Waals surface area (Å²) < 4.78 is 5.45. The predicted octanol–water partition coefficient (Wildman–Crippen LogP) is 4.16. The Morgan fingerprint density at radius 2 is 1.94 bits per heavy atom. The predicted molar refractivity (Wildman–Crippen MR) is 76.7 cm³/mol. The molecule has 1 saturated carbocycles. The SMILES string of the molecule is COC(C)(C)CCC1(O)CCCC(C(C)C)CC1. The molecule has 1 aliphatic carbocycles. The van der Waals surface area contributed by atoms with Crippen LogP contribution in [0, 0.1) is 11.8 Å². The largest absolute Gasteiger partial charge is 0.390 e. The van der Waals surface area contributed by atoms with Crippen LogP contribution in [-0.2, 0) is 4.74 Å². The Morgan fingerprint density at radius 1 is 1.28 bits per heavy atom. The lowest BCUT2D eigenvalue weighted by atomic mass is 9.84. The minimum Gasteiger partial charge on any atom is -0.390 e. The van der Waals surface area contributed by atoms with E-state index < -0.39 is 5.60 Å². The van der Waals surface area contributed by atoms with Crippen molar-refractivity contribution in [2.45, 2.75) is 83.8 Å². The summed E-state index contributed by atoms with van der Waals surface area (Å²) in [5.74, 6) is 1.55. The van der Waals surface area contributed by atoms with E-state index in [2.05, 4.69) is 27.7 Å². The average molecular weight is 256 g/mol. The van der Waals surface area contributed by atoms with Crippen LogP contribution in [0.1, 0.15) is 72.6 Å². The molecule has 0 aromatic carbocycles. The van der Waals surface area contributed by atoms with E-state index in [0.717, 1.165) is 37.5 Å². The molecule has 1 aliphatic rings. The second-order valence-electron chi connectivity index (χ2n) is 7.12. The molecule has 2 unspecified atom stereocenters. The Morgan fingerprint density at radius 3 is 2.50 bits per heavy atom. The maximum Gasteiger partial charge on any atom is 0.0649 e. The first kappa shape index (κ1) is 16.0. The van der Waals surface area contributed by atoms with Crippen LogP contribution >= 0.6 is 0 Å². The number of methoxy groups -OCH3 is 1. The van der Waals surface area contributed by atoms with E-state index in [1.807, 2.05) is 0 Å². The minimum atomic E-state index is -0.445. The summed E-state index contributed by atoms with van der Waals surface area (Å²) >= 11 is 0. The molecule has 0 amide bonds. The van der Waals surface area contributed by atoms with E-state index in [1.165, 1.54) is 19.3 Å². The van der Waals surface area contributed by atoms with Gasteiger partial charge in [-0.3, -0.25) is 0 Å². The lowest BCUT2D eigenvalue weighted by molar-refractivity contribution is -0.0332. The highest BCUT2D eigenvalue weighted by Gasteiger charge is 2.33. The zero-order valence-corrected chi connectivity index (χ0v) is 13.0. The molecule has 1 rings (SSSR count). The molecule has 1 fully saturated rings. The molecule has 108 valence electrons. The summed E-state index contributed by atoms with van der Waals surface area (Å²) in [5.41, 5.74) is -0.557. The molecule has 0 aromatic heterocycles. The van der Waals surface area contributed by atoms with Gasteiger partial charge in [-0.2, -0.15) is 0 Å². The molecule has 0 aliphatic heterocycles. The third-order valence-electron chi connectivity index (χ3n) is 4.89. The number of ether oxygens (including phenoxy) is 1. The van der Waals surface area contributed by atoms with Gasteiger partial charge in [0.25, 0.3) is 0 Å². The number of aliphatic hydroxyl groups is 1. The van der Waals surface area contributed by atoms with Gasteiger partial charge in [-0.1, -0.05) is 26.7 Å². The molecule has 2 atom stereocenters. The summed E-state index contributed by atoms with van der Waals surface area (Å²) in [7, 11) is 1.76. The van der Waals surface area contributed by atoms with Crippen LogP contribution in [0.15, 0.2) is 0 Å². The van der Waals surface area contributed by atoms with Crippen LogP contribution in [0.2, 0.25) is 0 Å².